The lowest BCUT2D eigenvalue weighted by molar-refractivity contribution is -0.139. The molecule has 1 aliphatic carbocycles. The molecule has 1 atom stereocenters. The molecule has 3 aliphatic rings. The molecule has 2 amide bonds. The molecule has 2 aliphatic heterocycles. The number of benzene rings is 1. The van der Waals surface area contributed by atoms with Crippen LogP contribution in [0.1, 0.15) is 57.1 Å². The van der Waals surface area contributed by atoms with Gasteiger partial charge in [0.25, 0.3) is 0 Å². The van der Waals surface area contributed by atoms with Gasteiger partial charge < -0.3 is 25.0 Å². The summed E-state index contributed by atoms with van der Waals surface area (Å²) in [7, 11) is 1.61. The maximum absolute atomic E-state index is 13.1. The number of hydrogen-bond acceptors (Lipinski definition) is 6. The molecule has 0 radical (unpaired) electrons. The highest BCUT2D eigenvalue weighted by molar-refractivity contribution is 5.95. The summed E-state index contributed by atoms with van der Waals surface area (Å²) in [6, 6.07) is 6.55. The fourth-order valence-corrected chi connectivity index (χ4v) is 5.56. The van der Waals surface area contributed by atoms with Gasteiger partial charge in [0.1, 0.15) is 5.75 Å². The molecule has 2 fully saturated rings. The van der Waals surface area contributed by atoms with E-state index in [2.05, 4.69) is 20.4 Å². The van der Waals surface area contributed by atoms with E-state index in [1.165, 1.54) is 38.6 Å². The van der Waals surface area contributed by atoms with Crippen LogP contribution in [0.2, 0.25) is 0 Å². The Labute approximate surface area is 209 Å². The van der Waals surface area contributed by atoms with Gasteiger partial charge in [-0.25, -0.2) is 9.59 Å². The zero-order valence-electron chi connectivity index (χ0n) is 21.2. The molecule has 1 saturated heterocycles. The fourth-order valence-electron chi connectivity index (χ4n) is 5.56. The number of amides is 2. The Morgan fingerprint density at radius 2 is 1.71 bits per heavy atom. The molecule has 2 N–H and O–H groups in total. The van der Waals surface area contributed by atoms with E-state index in [1.54, 1.807) is 14.0 Å². The topological polar surface area (TPSA) is 83.1 Å². The van der Waals surface area contributed by atoms with E-state index in [-0.39, 0.29) is 12.6 Å². The highest BCUT2D eigenvalue weighted by atomic mass is 16.5. The van der Waals surface area contributed by atoms with Crippen LogP contribution in [0.3, 0.4) is 0 Å². The molecule has 35 heavy (non-hydrogen) atoms. The predicted octanol–water partition coefficient (Wildman–Crippen LogP) is 3.45. The van der Waals surface area contributed by atoms with E-state index in [4.69, 9.17) is 9.47 Å². The van der Waals surface area contributed by atoms with Crippen LogP contribution in [0.15, 0.2) is 35.5 Å². The fraction of sp³-hybridized carbons (Fsp3) is 0.630. The summed E-state index contributed by atoms with van der Waals surface area (Å²) in [4.78, 5) is 30.7. The first-order chi connectivity index (χ1) is 17.1. The number of esters is 1. The van der Waals surface area contributed by atoms with Crippen molar-refractivity contribution < 1.29 is 19.1 Å². The number of methoxy groups -OCH3 is 1. The average Bonchev–Trinajstić information content (AvgIpc) is 3.09. The zero-order valence-corrected chi connectivity index (χ0v) is 21.2. The normalized spacial score (nSPS) is 22.8. The number of ether oxygens (including phenoxy) is 2. The standard InChI is InChI=1S/C27H40N4O4/c1-3-35-26(32)24-23(28-27(33)29-25(24)21-10-12-22(34-2)13-11-21)19-31-15-7-14-30(16-17-31)18-20-8-5-4-6-9-20/h10-13,20,25H,3-9,14-19H2,1-2H3,(H2,28,29,33). The Kier molecular flexibility index (Phi) is 9.04. The van der Waals surface area contributed by atoms with Crippen LogP contribution in [0.5, 0.6) is 5.75 Å². The second-order valence-corrected chi connectivity index (χ2v) is 9.85. The average molecular weight is 485 g/mol. The SMILES string of the molecule is CCOC(=O)C1=C(CN2CCCN(CC3CCCCC3)CC2)NC(=O)NC1c1ccc(OC)cc1. The highest BCUT2D eigenvalue weighted by Gasteiger charge is 2.34. The molecule has 1 saturated carbocycles. The first-order valence-corrected chi connectivity index (χ1v) is 13.1. The van der Waals surface area contributed by atoms with Crippen LogP contribution in [-0.4, -0.2) is 74.8 Å². The number of urea groups is 1. The summed E-state index contributed by atoms with van der Waals surface area (Å²) in [5, 5.41) is 5.84. The van der Waals surface area contributed by atoms with Crippen molar-refractivity contribution in [1.82, 2.24) is 20.4 Å². The Balaban J connectivity index is 1.50. The van der Waals surface area contributed by atoms with Crippen LogP contribution < -0.4 is 15.4 Å². The Morgan fingerprint density at radius 1 is 1.00 bits per heavy atom. The molecular weight excluding hydrogens is 444 g/mol. The van der Waals surface area contributed by atoms with Gasteiger partial charge in [-0.05, 0) is 62.9 Å². The number of nitrogens with one attached hydrogen (secondary N) is 2. The largest absolute Gasteiger partial charge is 0.497 e. The molecule has 4 rings (SSSR count). The summed E-state index contributed by atoms with van der Waals surface area (Å²) in [5.41, 5.74) is 1.92. The minimum absolute atomic E-state index is 0.277. The van der Waals surface area contributed by atoms with Crippen molar-refractivity contribution in [2.45, 2.75) is 51.5 Å². The quantitative estimate of drug-likeness (QED) is 0.550. The number of carbonyl (C=O) groups is 2. The van der Waals surface area contributed by atoms with Gasteiger partial charge in [0, 0.05) is 31.9 Å². The van der Waals surface area contributed by atoms with Crippen molar-refractivity contribution in [3.63, 3.8) is 0 Å². The van der Waals surface area contributed by atoms with Gasteiger partial charge in [0.05, 0.1) is 25.3 Å². The van der Waals surface area contributed by atoms with Crippen molar-refractivity contribution in [2.75, 3.05) is 53.0 Å². The maximum atomic E-state index is 13.1. The molecule has 8 heteroatoms. The van der Waals surface area contributed by atoms with Crippen molar-refractivity contribution >= 4 is 12.0 Å². The molecule has 192 valence electrons. The summed E-state index contributed by atoms with van der Waals surface area (Å²) in [6.07, 6.45) is 7.95. The number of nitrogens with zero attached hydrogens (tertiary/aromatic N) is 2. The number of hydrogen-bond donors (Lipinski definition) is 2. The van der Waals surface area contributed by atoms with Crippen molar-refractivity contribution in [1.29, 1.82) is 0 Å². The van der Waals surface area contributed by atoms with Crippen LogP contribution in [0.25, 0.3) is 0 Å². The van der Waals surface area contributed by atoms with Gasteiger partial charge >= 0.3 is 12.0 Å². The maximum Gasteiger partial charge on any atom is 0.338 e. The van der Waals surface area contributed by atoms with Gasteiger partial charge in [0.15, 0.2) is 0 Å². The lowest BCUT2D eigenvalue weighted by atomic mass is 9.89. The Hall–Kier alpha value is -2.58. The minimum atomic E-state index is -0.571. The lowest BCUT2D eigenvalue weighted by Gasteiger charge is -2.32. The molecule has 1 unspecified atom stereocenters. The molecule has 8 nitrogen and oxygen atoms in total. The van der Waals surface area contributed by atoms with Gasteiger partial charge in [-0.15, -0.1) is 0 Å². The van der Waals surface area contributed by atoms with Gasteiger partial charge in [0.2, 0.25) is 0 Å². The van der Waals surface area contributed by atoms with E-state index in [9.17, 15) is 9.59 Å². The first-order valence-electron chi connectivity index (χ1n) is 13.1. The zero-order chi connectivity index (χ0) is 24.6. The number of rotatable bonds is 8. The highest BCUT2D eigenvalue weighted by Crippen LogP contribution is 2.30. The van der Waals surface area contributed by atoms with Gasteiger partial charge in [-0.1, -0.05) is 31.4 Å². The van der Waals surface area contributed by atoms with E-state index >= 15 is 0 Å². The van der Waals surface area contributed by atoms with E-state index in [0.29, 0.717) is 17.8 Å². The monoisotopic (exact) mass is 484 g/mol. The summed E-state index contributed by atoms with van der Waals surface area (Å²) < 4.78 is 10.7. The molecule has 1 aromatic carbocycles. The second kappa shape index (κ2) is 12.4. The minimum Gasteiger partial charge on any atom is -0.497 e. The summed E-state index contributed by atoms with van der Waals surface area (Å²) in [5.74, 6) is 1.16. The number of carbonyl (C=O) groups excluding carboxylic acids is 2. The van der Waals surface area contributed by atoms with E-state index in [1.807, 2.05) is 24.3 Å². The predicted molar refractivity (Wildman–Crippen MR) is 135 cm³/mol. The first kappa shape index (κ1) is 25.5. The van der Waals surface area contributed by atoms with Crippen molar-refractivity contribution in [3.05, 3.63) is 41.1 Å². The van der Waals surface area contributed by atoms with Crippen molar-refractivity contribution in [2.24, 2.45) is 5.92 Å². The second-order valence-electron chi connectivity index (χ2n) is 9.85. The van der Waals surface area contributed by atoms with Crippen molar-refractivity contribution in [3.8, 4) is 5.75 Å². The van der Waals surface area contributed by atoms with Crippen LogP contribution in [0, 0.1) is 5.92 Å². The van der Waals surface area contributed by atoms with Gasteiger partial charge in [-0.2, -0.15) is 0 Å². The van der Waals surface area contributed by atoms with Crippen LogP contribution in [0.4, 0.5) is 4.79 Å². The lowest BCUT2D eigenvalue weighted by Crippen LogP contribution is -2.48. The third kappa shape index (κ3) is 6.76. The van der Waals surface area contributed by atoms with Gasteiger partial charge in [-0.3, -0.25) is 4.90 Å². The Bertz CT molecular complexity index is 895. The summed E-state index contributed by atoms with van der Waals surface area (Å²) >= 11 is 0. The molecule has 1 aromatic rings. The molecule has 0 aromatic heterocycles. The third-order valence-corrected chi connectivity index (χ3v) is 7.40. The molecule has 0 bridgehead atoms. The third-order valence-electron chi connectivity index (χ3n) is 7.40. The van der Waals surface area contributed by atoms with E-state index in [0.717, 1.165) is 49.8 Å². The Morgan fingerprint density at radius 3 is 2.43 bits per heavy atom. The molecular formula is C27H40N4O4. The molecule has 0 spiro atoms. The van der Waals surface area contributed by atoms with E-state index < -0.39 is 12.0 Å². The van der Waals surface area contributed by atoms with Crippen LogP contribution >= 0.6 is 0 Å². The smallest absolute Gasteiger partial charge is 0.338 e. The van der Waals surface area contributed by atoms with Crippen LogP contribution in [-0.2, 0) is 9.53 Å². The molecule has 2 heterocycles. The summed E-state index contributed by atoms with van der Waals surface area (Å²) in [6.45, 7) is 7.78.